The molecule has 114 valence electrons. The number of aromatic hydroxyl groups is 1. The molecule has 0 heterocycles. The van der Waals surface area contributed by atoms with Crippen molar-refractivity contribution in [3.05, 3.63) is 58.1 Å². The molecule has 0 fully saturated rings. The summed E-state index contributed by atoms with van der Waals surface area (Å²) in [5.74, 6) is -1.90. The summed E-state index contributed by atoms with van der Waals surface area (Å²) < 4.78 is 0. The third kappa shape index (κ3) is 3.09. The van der Waals surface area contributed by atoms with Gasteiger partial charge in [-0.25, -0.2) is 4.79 Å². The number of anilines is 1. The summed E-state index contributed by atoms with van der Waals surface area (Å²) in [4.78, 5) is 23.2. The number of amides is 1. The summed E-state index contributed by atoms with van der Waals surface area (Å²) >= 11 is 0. The number of aryl methyl sites for hydroxylation is 3. The first-order chi connectivity index (χ1) is 10.3. The summed E-state index contributed by atoms with van der Waals surface area (Å²) in [5.41, 5.74) is 3.51. The Labute approximate surface area is 128 Å². The maximum Gasteiger partial charge on any atom is 0.339 e. The quantitative estimate of drug-likeness (QED) is 0.811. The minimum absolute atomic E-state index is 0.208. The fraction of sp³-hybridized carbons (Fsp3) is 0.176. The van der Waals surface area contributed by atoms with E-state index in [1.807, 2.05) is 32.9 Å². The first-order valence-electron chi connectivity index (χ1n) is 6.75. The summed E-state index contributed by atoms with van der Waals surface area (Å²) in [6.45, 7) is 5.68. The standard InChI is InChI=1S/C17H17NO4/c1-9-6-10(2)15(11(3)7-9)16(20)18-12-4-5-13(17(21)22)14(19)8-12/h4-8,19H,1-3H3,(H,18,20)(H,21,22). The maximum absolute atomic E-state index is 12.4. The van der Waals surface area contributed by atoms with Crippen LogP contribution in [0.3, 0.4) is 0 Å². The molecule has 2 rings (SSSR count). The summed E-state index contributed by atoms with van der Waals surface area (Å²) in [6.07, 6.45) is 0. The van der Waals surface area contributed by atoms with Crippen molar-refractivity contribution < 1.29 is 19.8 Å². The number of carbonyl (C=O) groups is 2. The zero-order valence-electron chi connectivity index (χ0n) is 12.6. The van der Waals surface area contributed by atoms with E-state index in [2.05, 4.69) is 5.32 Å². The largest absolute Gasteiger partial charge is 0.507 e. The van der Waals surface area contributed by atoms with Gasteiger partial charge in [-0.15, -0.1) is 0 Å². The van der Waals surface area contributed by atoms with Crippen LogP contribution in [0.2, 0.25) is 0 Å². The zero-order chi connectivity index (χ0) is 16.4. The Balaban J connectivity index is 2.30. The second-order valence-electron chi connectivity index (χ2n) is 5.26. The lowest BCUT2D eigenvalue weighted by Gasteiger charge is -2.12. The van der Waals surface area contributed by atoms with Gasteiger partial charge in [-0.05, 0) is 44.0 Å². The van der Waals surface area contributed by atoms with Crippen molar-refractivity contribution in [3.63, 3.8) is 0 Å². The number of carbonyl (C=O) groups excluding carboxylic acids is 1. The molecule has 3 N–H and O–H groups in total. The van der Waals surface area contributed by atoms with Crippen LogP contribution in [0.25, 0.3) is 0 Å². The molecule has 0 bridgehead atoms. The molecule has 0 saturated carbocycles. The highest BCUT2D eigenvalue weighted by molar-refractivity contribution is 6.06. The van der Waals surface area contributed by atoms with E-state index in [4.69, 9.17) is 5.11 Å². The second-order valence-corrected chi connectivity index (χ2v) is 5.26. The molecule has 0 spiro atoms. The zero-order valence-corrected chi connectivity index (χ0v) is 12.6. The molecule has 0 atom stereocenters. The molecular formula is C17H17NO4. The number of carboxylic acid groups (broad SMARTS) is 1. The molecular weight excluding hydrogens is 282 g/mol. The molecule has 5 nitrogen and oxygen atoms in total. The predicted molar refractivity (Wildman–Crippen MR) is 83.7 cm³/mol. The molecule has 5 heteroatoms. The van der Waals surface area contributed by atoms with E-state index in [1.165, 1.54) is 18.2 Å². The maximum atomic E-state index is 12.4. The van der Waals surface area contributed by atoms with Crippen LogP contribution < -0.4 is 5.32 Å². The Morgan fingerprint density at radius 3 is 2.09 bits per heavy atom. The molecule has 0 radical (unpaired) electrons. The summed E-state index contributed by atoms with van der Waals surface area (Å²) in [5, 5.41) is 21.2. The van der Waals surface area contributed by atoms with Crippen molar-refractivity contribution in [2.75, 3.05) is 5.32 Å². The lowest BCUT2D eigenvalue weighted by Crippen LogP contribution is -2.15. The van der Waals surface area contributed by atoms with Crippen molar-refractivity contribution >= 4 is 17.6 Å². The fourth-order valence-corrected chi connectivity index (χ4v) is 2.52. The van der Waals surface area contributed by atoms with E-state index >= 15 is 0 Å². The van der Waals surface area contributed by atoms with Crippen molar-refractivity contribution in [1.82, 2.24) is 0 Å². The molecule has 0 aliphatic heterocycles. The van der Waals surface area contributed by atoms with E-state index in [-0.39, 0.29) is 17.2 Å². The van der Waals surface area contributed by atoms with Crippen molar-refractivity contribution in [1.29, 1.82) is 0 Å². The highest BCUT2D eigenvalue weighted by atomic mass is 16.4. The molecule has 0 aromatic heterocycles. The Morgan fingerprint density at radius 2 is 1.59 bits per heavy atom. The smallest absolute Gasteiger partial charge is 0.339 e. The van der Waals surface area contributed by atoms with Gasteiger partial charge in [-0.3, -0.25) is 4.79 Å². The fourth-order valence-electron chi connectivity index (χ4n) is 2.52. The van der Waals surface area contributed by atoms with Gasteiger partial charge in [-0.1, -0.05) is 17.7 Å². The van der Waals surface area contributed by atoms with E-state index in [1.54, 1.807) is 0 Å². The van der Waals surface area contributed by atoms with Crippen LogP contribution in [-0.4, -0.2) is 22.1 Å². The Hall–Kier alpha value is -2.82. The van der Waals surface area contributed by atoms with E-state index in [0.29, 0.717) is 11.3 Å². The number of phenols is 1. The monoisotopic (exact) mass is 299 g/mol. The van der Waals surface area contributed by atoms with Crippen molar-refractivity contribution in [3.8, 4) is 5.75 Å². The van der Waals surface area contributed by atoms with Gasteiger partial charge in [-0.2, -0.15) is 0 Å². The Morgan fingerprint density at radius 1 is 1.00 bits per heavy atom. The first kappa shape index (κ1) is 15.6. The number of carboxylic acids is 1. The molecule has 22 heavy (non-hydrogen) atoms. The normalized spacial score (nSPS) is 10.3. The third-order valence-corrected chi connectivity index (χ3v) is 3.39. The van der Waals surface area contributed by atoms with E-state index in [9.17, 15) is 14.7 Å². The average molecular weight is 299 g/mol. The SMILES string of the molecule is Cc1cc(C)c(C(=O)Nc2ccc(C(=O)O)c(O)c2)c(C)c1. The van der Waals surface area contributed by atoms with Crippen LogP contribution in [0.5, 0.6) is 5.75 Å². The summed E-state index contributed by atoms with van der Waals surface area (Å²) in [7, 11) is 0. The minimum Gasteiger partial charge on any atom is -0.507 e. The van der Waals surface area contributed by atoms with Crippen LogP contribution in [0.4, 0.5) is 5.69 Å². The number of benzene rings is 2. The van der Waals surface area contributed by atoms with E-state index < -0.39 is 5.97 Å². The molecule has 1 amide bonds. The molecule has 2 aromatic carbocycles. The van der Waals surface area contributed by atoms with Crippen molar-refractivity contribution in [2.24, 2.45) is 0 Å². The number of nitrogens with one attached hydrogen (secondary N) is 1. The third-order valence-electron chi connectivity index (χ3n) is 3.39. The topological polar surface area (TPSA) is 86.6 Å². The lowest BCUT2D eigenvalue weighted by molar-refractivity contribution is 0.0693. The van der Waals surface area contributed by atoms with Crippen LogP contribution in [0.1, 0.15) is 37.4 Å². The highest BCUT2D eigenvalue weighted by Gasteiger charge is 2.15. The first-order valence-corrected chi connectivity index (χ1v) is 6.75. The molecule has 0 aliphatic rings. The Bertz CT molecular complexity index is 742. The average Bonchev–Trinajstić information content (AvgIpc) is 2.36. The number of hydrogen-bond acceptors (Lipinski definition) is 3. The molecule has 0 saturated heterocycles. The van der Waals surface area contributed by atoms with Gasteiger partial charge < -0.3 is 15.5 Å². The van der Waals surface area contributed by atoms with Crippen LogP contribution in [0, 0.1) is 20.8 Å². The van der Waals surface area contributed by atoms with Crippen LogP contribution in [-0.2, 0) is 0 Å². The van der Waals surface area contributed by atoms with Gasteiger partial charge in [0, 0.05) is 17.3 Å². The van der Waals surface area contributed by atoms with Gasteiger partial charge in [0.15, 0.2) is 0 Å². The van der Waals surface area contributed by atoms with Gasteiger partial charge in [0.2, 0.25) is 0 Å². The Kier molecular flexibility index (Phi) is 4.17. The number of rotatable bonds is 3. The summed E-state index contributed by atoms with van der Waals surface area (Å²) in [6, 6.07) is 7.77. The number of aromatic carboxylic acids is 1. The molecule has 0 aliphatic carbocycles. The molecule has 2 aromatic rings. The second kappa shape index (κ2) is 5.89. The number of hydrogen-bond donors (Lipinski definition) is 3. The lowest BCUT2D eigenvalue weighted by atomic mass is 9.99. The van der Waals surface area contributed by atoms with Gasteiger partial charge >= 0.3 is 5.97 Å². The van der Waals surface area contributed by atoms with Crippen LogP contribution >= 0.6 is 0 Å². The van der Waals surface area contributed by atoms with Gasteiger partial charge in [0.1, 0.15) is 11.3 Å². The molecule has 0 unspecified atom stereocenters. The van der Waals surface area contributed by atoms with Crippen molar-refractivity contribution in [2.45, 2.75) is 20.8 Å². The minimum atomic E-state index is -1.22. The van der Waals surface area contributed by atoms with Gasteiger partial charge in [0.25, 0.3) is 5.91 Å². The highest BCUT2D eigenvalue weighted by Crippen LogP contribution is 2.23. The van der Waals surface area contributed by atoms with E-state index in [0.717, 1.165) is 16.7 Å². The predicted octanol–water partition coefficient (Wildman–Crippen LogP) is 3.27. The van der Waals surface area contributed by atoms with Gasteiger partial charge in [0.05, 0.1) is 0 Å². The van der Waals surface area contributed by atoms with Crippen LogP contribution in [0.15, 0.2) is 30.3 Å².